The van der Waals surface area contributed by atoms with Gasteiger partial charge in [-0.25, -0.2) is 0 Å². The highest BCUT2D eigenvalue weighted by molar-refractivity contribution is 5.66. The fraction of sp³-hybridized carbons (Fsp3) is 0.923. The van der Waals surface area contributed by atoms with E-state index in [1.165, 1.54) is 32.1 Å². The van der Waals surface area contributed by atoms with Crippen molar-refractivity contribution in [2.45, 2.75) is 63.4 Å². The fourth-order valence-corrected chi connectivity index (χ4v) is 3.25. The number of hydrogen-bond acceptors (Lipinski definition) is 2. The standard InChI is InChI=1S/C13H22O3/c14-12(15)5-4-11-6-9-16-13(10-11)7-2-1-3-8-13/h11H,1-10H2,(H,14,15). The summed E-state index contributed by atoms with van der Waals surface area (Å²) in [4.78, 5) is 10.6. The summed E-state index contributed by atoms with van der Waals surface area (Å²) in [6.45, 7) is 0.838. The van der Waals surface area contributed by atoms with Gasteiger partial charge in [-0.05, 0) is 38.0 Å². The molecule has 16 heavy (non-hydrogen) atoms. The Kier molecular flexibility index (Phi) is 3.85. The van der Waals surface area contributed by atoms with Gasteiger partial charge in [-0.3, -0.25) is 4.79 Å². The lowest BCUT2D eigenvalue weighted by Gasteiger charge is -2.43. The molecule has 0 aromatic carbocycles. The van der Waals surface area contributed by atoms with Gasteiger partial charge >= 0.3 is 5.97 Å². The molecule has 1 saturated heterocycles. The summed E-state index contributed by atoms with van der Waals surface area (Å²) in [5.74, 6) is -0.0906. The first kappa shape index (κ1) is 11.9. The summed E-state index contributed by atoms with van der Waals surface area (Å²) >= 11 is 0. The molecule has 1 aliphatic heterocycles. The predicted octanol–water partition coefficient (Wildman–Crippen LogP) is 2.98. The van der Waals surface area contributed by atoms with E-state index in [1.807, 2.05) is 0 Å². The molecule has 1 saturated carbocycles. The van der Waals surface area contributed by atoms with Crippen molar-refractivity contribution in [1.29, 1.82) is 0 Å². The van der Waals surface area contributed by atoms with E-state index in [4.69, 9.17) is 9.84 Å². The number of hydrogen-bond donors (Lipinski definition) is 1. The molecule has 92 valence electrons. The van der Waals surface area contributed by atoms with Gasteiger partial charge in [-0.1, -0.05) is 19.3 Å². The van der Waals surface area contributed by atoms with Gasteiger partial charge in [-0.15, -0.1) is 0 Å². The molecule has 3 heteroatoms. The van der Waals surface area contributed by atoms with Crippen LogP contribution in [0.2, 0.25) is 0 Å². The second-order valence-electron chi connectivity index (χ2n) is 5.38. The van der Waals surface area contributed by atoms with Crippen molar-refractivity contribution in [3.8, 4) is 0 Å². The quantitative estimate of drug-likeness (QED) is 0.804. The van der Waals surface area contributed by atoms with E-state index in [-0.39, 0.29) is 5.60 Å². The Bertz CT molecular complexity index is 238. The Labute approximate surface area is 97.2 Å². The van der Waals surface area contributed by atoms with Crippen LogP contribution in [0.15, 0.2) is 0 Å². The lowest BCUT2D eigenvalue weighted by Crippen LogP contribution is -2.41. The zero-order chi connectivity index (χ0) is 11.4. The minimum Gasteiger partial charge on any atom is -0.481 e. The summed E-state index contributed by atoms with van der Waals surface area (Å²) in [6.07, 6.45) is 9.59. The van der Waals surface area contributed by atoms with Gasteiger partial charge in [0.2, 0.25) is 0 Å². The van der Waals surface area contributed by atoms with Crippen molar-refractivity contribution in [3.05, 3.63) is 0 Å². The molecule has 1 spiro atoms. The van der Waals surface area contributed by atoms with Crippen LogP contribution >= 0.6 is 0 Å². The average molecular weight is 226 g/mol. The van der Waals surface area contributed by atoms with Crippen molar-refractivity contribution in [3.63, 3.8) is 0 Å². The second kappa shape index (κ2) is 5.17. The molecule has 0 radical (unpaired) electrons. The van der Waals surface area contributed by atoms with Gasteiger partial charge in [0.15, 0.2) is 0 Å². The van der Waals surface area contributed by atoms with Crippen LogP contribution < -0.4 is 0 Å². The van der Waals surface area contributed by atoms with E-state index >= 15 is 0 Å². The Morgan fingerprint density at radius 2 is 2.06 bits per heavy atom. The first-order chi connectivity index (χ1) is 7.70. The lowest BCUT2D eigenvalue weighted by molar-refractivity contribution is -0.139. The minimum atomic E-state index is -0.663. The Morgan fingerprint density at radius 1 is 1.31 bits per heavy atom. The van der Waals surface area contributed by atoms with Crippen LogP contribution in [-0.4, -0.2) is 23.3 Å². The number of aliphatic carboxylic acids is 1. The maximum absolute atomic E-state index is 10.6. The average Bonchev–Trinajstić information content (AvgIpc) is 2.28. The van der Waals surface area contributed by atoms with E-state index in [1.54, 1.807) is 0 Å². The molecule has 3 nitrogen and oxygen atoms in total. The summed E-state index contributed by atoms with van der Waals surface area (Å²) < 4.78 is 6.00. The van der Waals surface area contributed by atoms with E-state index in [9.17, 15) is 4.79 Å². The zero-order valence-corrected chi connectivity index (χ0v) is 9.91. The van der Waals surface area contributed by atoms with Crippen LogP contribution in [0, 0.1) is 5.92 Å². The van der Waals surface area contributed by atoms with Crippen molar-refractivity contribution in [2.24, 2.45) is 5.92 Å². The van der Waals surface area contributed by atoms with Crippen molar-refractivity contribution < 1.29 is 14.6 Å². The minimum absolute atomic E-state index is 0.125. The molecule has 0 aromatic heterocycles. The molecule has 0 aromatic rings. The van der Waals surface area contributed by atoms with Crippen molar-refractivity contribution >= 4 is 5.97 Å². The lowest BCUT2D eigenvalue weighted by atomic mass is 9.75. The molecule has 1 unspecified atom stereocenters. The number of carboxylic acid groups (broad SMARTS) is 1. The molecule has 2 rings (SSSR count). The van der Waals surface area contributed by atoms with Crippen LogP contribution in [0.25, 0.3) is 0 Å². The molecular weight excluding hydrogens is 204 g/mol. The van der Waals surface area contributed by atoms with E-state index < -0.39 is 5.97 Å². The highest BCUT2D eigenvalue weighted by Gasteiger charge is 2.38. The fourth-order valence-electron chi connectivity index (χ4n) is 3.25. The number of carboxylic acids is 1. The molecule has 1 aliphatic carbocycles. The first-order valence-corrected chi connectivity index (χ1v) is 6.56. The third-order valence-corrected chi connectivity index (χ3v) is 4.13. The third-order valence-electron chi connectivity index (χ3n) is 4.13. The van der Waals surface area contributed by atoms with Gasteiger partial charge in [0, 0.05) is 13.0 Å². The Morgan fingerprint density at radius 3 is 2.75 bits per heavy atom. The van der Waals surface area contributed by atoms with E-state index in [0.29, 0.717) is 12.3 Å². The van der Waals surface area contributed by atoms with Crippen molar-refractivity contribution in [2.75, 3.05) is 6.61 Å². The molecule has 2 fully saturated rings. The molecule has 0 bridgehead atoms. The number of rotatable bonds is 3. The van der Waals surface area contributed by atoms with Crippen LogP contribution in [0.4, 0.5) is 0 Å². The summed E-state index contributed by atoms with van der Waals surface area (Å²) in [5, 5.41) is 8.71. The van der Waals surface area contributed by atoms with Crippen LogP contribution in [0.1, 0.15) is 57.8 Å². The first-order valence-electron chi connectivity index (χ1n) is 6.56. The largest absolute Gasteiger partial charge is 0.481 e. The van der Waals surface area contributed by atoms with Crippen LogP contribution in [-0.2, 0) is 9.53 Å². The molecular formula is C13H22O3. The Balaban J connectivity index is 1.85. The Hall–Kier alpha value is -0.570. The molecule has 2 aliphatic rings. The highest BCUT2D eigenvalue weighted by Crippen LogP contribution is 2.41. The number of carbonyl (C=O) groups is 1. The number of ether oxygens (including phenoxy) is 1. The predicted molar refractivity (Wildman–Crippen MR) is 61.4 cm³/mol. The van der Waals surface area contributed by atoms with Gasteiger partial charge in [0.05, 0.1) is 5.60 Å². The van der Waals surface area contributed by atoms with Gasteiger partial charge < -0.3 is 9.84 Å². The maximum Gasteiger partial charge on any atom is 0.303 e. The third kappa shape index (κ3) is 2.97. The summed E-state index contributed by atoms with van der Waals surface area (Å²) in [5.41, 5.74) is 0.125. The maximum atomic E-state index is 10.6. The zero-order valence-electron chi connectivity index (χ0n) is 9.91. The monoisotopic (exact) mass is 226 g/mol. The molecule has 1 heterocycles. The highest BCUT2D eigenvalue weighted by atomic mass is 16.5. The van der Waals surface area contributed by atoms with E-state index in [0.717, 1.165) is 25.9 Å². The second-order valence-corrected chi connectivity index (χ2v) is 5.38. The van der Waals surface area contributed by atoms with Crippen molar-refractivity contribution in [1.82, 2.24) is 0 Å². The molecule has 0 amide bonds. The normalized spacial score (nSPS) is 29.1. The summed E-state index contributed by atoms with van der Waals surface area (Å²) in [6, 6.07) is 0. The van der Waals surface area contributed by atoms with Crippen LogP contribution in [0.3, 0.4) is 0 Å². The topological polar surface area (TPSA) is 46.5 Å². The molecule has 1 atom stereocenters. The van der Waals surface area contributed by atoms with Gasteiger partial charge in [-0.2, -0.15) is 0 Å². The summed E-state index contributed by atoms with van der Waals surface area (Å²) in [7, 11) is 0. The van der Waals surface area contributed by atoms with E-state index in [2.05, 4.69) is 0 Å². The molecule has 1 N–H and O–H groups in total. The van der Waals surface area contributed by atoms with Gasteiger partial charge in [0.1, 0.15) is 0 Å². The smallest absolute Gasteiger partial charge is 0.303 e. The van der Waals surface area contributed by atoms with Crippen LogP contribution in [0.5, 0.6) is 0 Å². The SMILES string of the molecule is O=C(O)CCC1CCOC2(CCCCC2)C1. The van der Waals surface area contributed by atoms with Gasteiger partial charge in [0.25, 0.3) is 0 Å².